The lowest BCUT2D eigenvalue weighted by Gasteiger charge is -2.39. The van der Waals surface area contributed by atoms with Crippen LogP contribution in [0.3, 0.4) is 0 Å². The topological polar surface area (TPSA) is 51.6 Å². The highest BCUT2D eigenvalue weighted by atomic mass is 16.5. The van der Waals surface area contributed by atoms with Crippen LogP contribution >= 0.6 is 0 Å². The second-order valence-electron chi connectivity index (χ2n) is 10.1. The Hall–Kier alpha value is -0.950. The largest absolute Gasteiger partial charge is 0.384 e. The highest BCUT2D eigenvalue weighted by molar-refractivity contribution is 5.35. The third kappa shape index (κ3) is 4.41. The van der Waals surface area contributed by atoms with Crippen molar-refractivity contribution in [3.63, 3.8) is 0 Å². The molecule has 29 heavy (non-hydrogen) atoms. The third-order valence-electron chi connectivity index (χ3n) is 7.68. The number of methoxy groups -OCH3 is 2. The van der Waals surface area contributed by atoms with Gasteiger partial charge >= 0.3 is 0 Å². The summed E-state index contributed by atoms with van der Waals surface area (Å²) in [5.74, 6) is 0.641. The van der Waals surface area contributed by atoms with Crippen molar-refractivity contribution in [2.24, 2.45) is 10.8 Å². The van der Waals surface area contributed by atoms with Crippen LogP contribution < -0.4 is 5.32 Å². The predicted molar refractivity (Wildman–Crippen MR) is 115 cm³/mol. The normalized spacial score (nSPS) is 22.5. The highest BCUT2D eigenvalue weighted by Crippen LogP contribution is 2.55. The molecule has 164 valence electrons. The van der Waals surface area contributed by atoms with Gasteiger partial charge in [-0.15, -0.1) is 0 Å². The number of ether oxygens (including phenoxy) is 2. The Labute approximate surface area is 176 Å². The lowest BCUT2D eigenvalue weighted by molar-refractivity contribution is -0.0170. The van der Waals surface area contributed by atoms with E-state index >= 15 is 0 Å². The first-order chi connectivity index (χ1) is 14.0. The molecule has 0 saturated heterocycles. The van der Waals surface area contributed by atoms with E-state index in [1.165, 1.54) is 50.6 Å². The van der Waals surface area contributed by atoms with E-state index < -0.39 is 0 Å². The Bertz CT molecular complexity index is 681. The van der Waals surface area contributed by atoms with E-state index in [2.05, 4.69) is 21.9 Å². The Morgan fingerprint density at radius 2 is 1.83 bits per heavy atom. The van der Waals surface area contributed by atoms with Crippen LogP contribution in [0.5, 0.6) is 0 Å². The van der Waals surface area contributed by atoms with E-state index in [0.717, 1.165) is 39.4 Å². The van der Waals surface area contributed by atoms with Crippen molar-refractivity contribution in [3.8, 4) is 0 Å². The number of likely N-dealkylation sites (N-methyl/N-ethyl adjacent to an activating group) is 2. The van der Waals surface area contributed by atoms with Gasteiger partial charge in [-0.2, -0.15) is 5.10 Å². The van der Waals surface area contributed by atoms with Crippen LogP contribution in [-0.4, -0.2) is 69.3 Å². The Morgan fingerprint density at radius 1 is 1.14 bits per heavy atom. The van der Waals surface area contributed by atoms with Crippen LogP contribution in [0.15, 0.2) is 0 Å². The van der Waals surface area contributed by atoms with E-state index in [-0.39, 0.29) is 5.41 Å². The van der Waals surface area contributed by atoms with E-state index in [4.69, 9.17) is 14.6 Å². The lowest BCUT2D eigenvalue weighted by Crippen LogP contribution is -2.36. The zero-order valence-corrected chi connectivity index (χ0v) is 18.9. The van der Waals surface area contributed by atoms with Crippen molar-refractivity contribution in [1.29, 1.82) is 0 Å². The van der Waals surface area contributed by atoms with E-state index in [1.54, 1.807) is 11.3 Å². The summed E-state index contributed by atoms with van der Waals surface area (Å²) in [5.41, 5.74) is 5.27. The van der Waals surface area contributed by atoms with Crippen molar-refractivity contribution >= 4 is 0 Å². The molecule has 3 aliphatic rings. The van der Waals surface area contributed by atoms with Gasteiger partial charge in [0.15, 0.2) is 0 Å². The molecule has 0 amide bonds. The molecule has 1 spiro atoms. The minimum Gasteiger partial charge on any atom is -0.384 e. The second kappa shape index (κ2) is 8.66. The molecule has 1 aromatic heterocycles. The van der Waals surface area contributed by atoms with E-state index in [9.17, 15) is 0 Å². The molecule has 4 rings (SSSR count). The number of nitrogens with one attached hydrogen (secondary N) is 1. The molecule has 0 unspecified atom stereocenters. The quantitative estimate of drug-likeness (QED) is 0.650. The van der Waals surface area contributed by atoms with Gasteiger partial charge in [0.1, 0.15) is 0 Å². The summed E-state index contributed by atoms with van der Waals surface area (Å²) >= 11 is 0. The van der Waals surface area contributed by atoms with Gasteiger partial charge < -0.3 is 14.8 Å². The second-order valence-corrected chi connectivity index (χ2v) is 10.1. The summed E-state index contributed by atoms with van der Waals surface area (Å²) in [6.07, 6.45) is 8.87. The van der Waals surface area contributed by atoms with Crippen LogP contribution in [-0.2, 0) is 29.0 Å². The lowest BCUT2D eigenvalue weighted by atomic mass is 9.69. The molecule has 0 radical (unpaired) electrons. The first kappa shape index (κ1) is 21.3. The Balaban J connectivity index is 1.53. The minimum atomic E-state index is 0.192. The monoisotopic (exact) mass is 404 g/mol. The third-order valence-corrected chi connectivity index (χ3v) is 7.68. The SMILES string of the molecule is CNCCN(C)Cc1nn2c(c1C1CCC(COC)(COC)CC1)CC1(CC1)C2. The first-order valence-corrected chi connectivity index (χ1v) is 11.4. The number of nitrogens with zero attached hydrogens (tertiary/aromatic N) is 3. The van der Waals surface area contributed by atoms with Crippen molar-refractivity contribution in [3.05, 3.63) is 17.0 Å². The Kier molecular flexibility index (Phi) is 6.35. The van der Waals surface area contributed by atoms with Crippen LogP contribution in [0.1, 0.15) is 61.4 Å². The van der Waals surface area contributed by atoms with Crippen LogP contribution in [0.25, 0.3) is 0 Å². The van der Waals surface area contributed by atoms with E-state index in [1.807, 2.05) is 21.3 Å². The fraction of sp³-hybridized carbons (Fsp3) is 0.870. The van der Waals surface area contributed by atoms with Gasteiger partial charge in [-0.1, -0.05) is 0 Å². The molecule has 0 atom stereocenters. The summed E-state index contributed by atoms with van der Waals surface area (Å²) in [6.45, 7) is 5.80. The maximum atomic E-state index is 5.58. The predicted octanol–water partition coefficient (Wildman–Crippen LogP) is 2.81. The number of hydrogen-bond acceptors (Lipinski definition) is 5. The highest BCUT2D eigenvalue weighted by Gasteiger charge is 2.50. The van der Waals surface area contributed by atoms with Gasteiger partial charge in [-0.3, -0.25) is 9.58 Å². The zero-order chi connectivity index (χ0) is 20.5. The molecule has 1 aromatic rings. The molecule has 6 nitrogen and oxygen atoms in total. The van der Waals surface area contributed by atoms with Gasteiger partial charge in [0.2, 0.25) is 0 Å². The summed E-state index contributed by atoms with van der Waals surface area (Å²) in [4.78, 5) is 2.41. The fourth-order valence-electron chi connectivity index (χ4n) is 5.81. The van der Waals surface area contributed by atoms with Crippen LogP contribution in [0.2, 0.25) is 0 Å². The standard InChI is InChI=1S/C23H40N4O2/c1-24-11-12-26(2)14-19-21(20-13-22(9-10-22)15-27(20)25-19)18-5-7-23(8-6-18,16-28-3)17-29-4/h18,24H,5-17H2,1-4H3. The number of fused-ring (bicyclic) bond motifs is 1. The average molecular weight is 405 g/mol. The fourth-order valence-corrected chi connectivity index (χ4v) is 5.81. The molecule has 1 N–H and O–H groups in total. The molecule has 0 aromatic carbocycles. The summed E-state index contributed by atoms with van der Waals surface area (Å²) < 4.78 is 13.5. The molecular weight excluding hydrogens is 364 g/mol. The van der Waals surface area contributed by atoms with Gasteiger partial charge in [0.05, 0.1) is 18.9 Å². The van der Waals surface area contributed by atoms with Crippen molar-refractivity contribution in [1.82, 2.24) is 20.0 Å². The van der Waals surface area contributed by atoms with Crippen LogP contribution in [0, 0.1) is 10.8 Å². The molecule has 6 heteroatoms. The van der Waals surface area contributed by atoms with Crippen molar-refractivity contribution < 1.29 is 9.47 Å². The van der Waals surface area contributed by atoms with Gasteiger partial charge in [0.25, 0.3) is 0 Å². The molecule has 1 aliphatic heterocycles. The summed E-state index contributed by atoms with van der Waals surface area (Å²) in [7, 11) is 7.88. The van der Waals surface area contributed by atoms with Gasteiger partial charge in [-0.05, 0) is 70.4 Å². The first-order valence-electron chi connectivity index (χ1n) is 11.4. The maximum Gasteiger partial charge on any atom is 0.0802 e. The molecular formula is C23H40N4O2. The molecule has 2 saturated carbocycles. The van der Waals surface area contributed by atoms with Crippen molar-refractivity contribution in [2.45, 2.75) is 64.0 Å². The molecule has 2 fully saturated rings. The number of rotatable bonds is 10. The smallest absolute Gasteiger partial charge is 0.0802 e. The van der Waals surface area contributed by atoms with Gasteiger partial charge in [-0.25, -0.2) is 0 Å². The maximum absolute atomic E-state index is 5.58. The average Bonchev–Trinajstić information content (AvgIpc) is 3.25. The van der Waals surface area contributed by atoms with Gasteiger partial charge in [0, 0.05) is 57.1 Å². The molecule has 2 aliphatic carbocycles. The Morgan fingerprint density at radius 3 is 2.41 bits per heavy atom. The summed E-state index contributed by atoms with van der Waals surface area (Å²) in [5, 5.41) is 8.43. The number of hydrogen-bond donors (Lipinski definition) is 1. The molecule has 0 bridgehead atoms. The van der Waals surface area contributed by atoms with Crippen LogP contribution in [0.4, 0.5) is 0 Å². The van der Waals surface area contributed by atoms with E-state index in [0.29, 0.717) is 11.3 Å². The zero-order valence-electron chi connectivity index (χ0n) is 18.9. The number of aromatic nitrogens is 2. The summed E-state index contributed by atoms with van der Waals surface area (Å²) in [6, 6.07) is 0. The minimum absolute atomic E-state index is 0.192. The van der Waals surface area contributed by atoms with Crippen molar-refractivity contribution in [2.75, 3.05) is 54.6 Å². The molecule has 2 heterocycles.